The Morgan fingerprint density at radius 2 is 1.57 bits per heavy atom. The van der Waals surface area contributed by atoms with E-state index in [0.717, 1.165) is 26.2 Å². The van der Waals surface area contributed by atoms with Gasteiger partial charge >= 0.3 is 0 Å². The molecule has 0 saturated carbocycles. The number of rotatable bonds is 12. The molecule has 0 fully saturated rings. The number of nitrogens with zero attached hydrogens (tertiary/aromatic N) is 2. The number of unbranched alkanes of at least 4 members (excludes halogenated alkanes) is 5. The molecule has 2 aromatic carbocycles. The zero-order valence-electron chi connectivity index (χ0n) is 19.6. The Hall–Kier alpha value is -2.06. The Morgan fingerprint density at radius 3 is 2.30 bits per heavy atom. The maximum absolute atomic E-state index is 2.52. The second kappa shape index (κ2) is 11.4. The van der Waals surface area contributed by atoms with Crippen molar-refractivity contribution in [2.45, 2.75) is 79.3 Å². The Kier molecular flexibility index (Phi) is 8.57. The Morgan fingerprint density at radius 1 is 0.833 bits per heavy atom. The van der Waals surface area contributed by atoms with Gasteiger partial charge in [-0.25, -0.2) is 0 Å². The Balaban J connectivity index is 1.88. The van der Waals surface area contributed by atoms with Crippen molar-refractivity contribution in [3.05, 3.63) is 59.8 Å². The van der Waals surface area contributed by atoms with Crippen LogP contribution in [0.2, 0.25) is 0 Å². The van der Waals surface area contributed by atoms with E-state index in [4.69, 9.17) is 0 Å². The molecule has 1 aromatic heterocycles. The van der Waals surface area contributed by atoms with Crippen LogP contribution in [0.1, 0.15) is 70.4 Å². The summed E-state index contributed by atoms with van der Waals surface area (Å²) in [4.78, 5) is 2.52. The second-order valence-electron chi connectivity index (χ2n) is 8.62. The first-order valence-electron chi connectivity index (χ1n) is 12.1. The zero-order valence-corrected chi connectivity index (χ0v) is 19.6. The highest BCUT2D eigenvalue weighted by Crippen LogP contribution is 2.30. The quantitative estimate of drug-likeness (QED) is 0.279. The zero-order chi connectivity index (χ0) is 21.3. The third-order valence-electron chi connectivity index (χ3n) is 6.46. The van der Waals surface area contributed by atoms with Gasteiger partial charge in [0.15, 0.2) is 0 Å². The van der Waals surface area contributed by atoms with Gasteiger partial charge in [0, 0.05) is 30.2 Å². The molecular weight excluding hydrogens is 364 g/mol. The monoisotopic (exact) mass is 404 g/mol. The van der Waals surface area contributed by atoms with Crippen molar-refractivity contribution in [3.8, 4) is 11.1 Å². The van der Waals surface area contributed by atoms with E-state index in [2.05, 4.69) is 85.8 Å². The highest BCUT2D eigenvalue weighted by molar-refractivity contribution is 5.89. The van der Waals surface area contributed by atoms with E-state index in [-0.39, 0.29) is 0 Å². The van der Waals surface area contributed by atoms with Gasteiger partial charge in [-0.1, -0.05) is 83.2 Å². The topological polar surface area (TPSA) is 8.17 Å². The lowest BCUT2D eigenvalue weighted by molar-refractivity contribution is 0.296. The minimum atomic E-state index is 1.03. The van der Waals surface area contributed by atoms with Gasteiger partial charge < -0.3 is 4.57 Å². The highest BCUT2D eigenvalue weighted by atomic mass is 15.1. The van der Waals surface area contributed by atoms with E-state index in [9.17, 15) is 0 Å². The van der Waals surface area contributed by atoms with Crippen LogP contribution in [0.5, 0.6) is 0 Å². The summed E-state index contributed by atoms with van der Waals surface area (Å²) in [5.41, 5.74) is 6.88. The number of aryl methyl sites for hydroxylation is 2. The molecule has 0 spiro atoms. The first-order valence-corrected chi connectivity index (χ1v) is 12.1. The number of aromatic nitrogens is 1. The third kappa shape index (κ3) is 5.55. The SMILES string of the molecule is CCCCCCCCn1cc(CN(CC)CC)c2cc(-c3ccccc3C)ccc21. The van der Waals surface area contributed by atoms with E-state index in [1.54, 1.807) is 0 Å². The summed E-state index contributed by atoms with van der Waals surface area (Å²) in [5, 5.41) is 1.42. The summed E-state index contributed by atoms with van der Waals surface area (Å²) < 4.78 is 2.51. The van der Waals surface area contributed by atoms with E-state index in [1.807, 2.05) is 0 Å². The summed E-state index contributed by atoms with van der Waals surface area (Å²) in [7, 11) is 0. The standard InChI is InChI=1S/C28H40N2/c1-5-8-9-10-11-14-19-30-22-25(21-29(6-2)7-3)27-20-24(17-18-28(27)30)26-16-13-12-15-23(26)4/h12-13,15-18,20,22H,5-11,14,19,21H2,1-4H3. The van der Waals surface area contributed by atoms with Gasteiger partial charge in [0.25, 0.3) is 0 Å². The molecule has 3 rings (SSSR count). The largest absolute Gasteiger partial charge is 0.347 e. The number of hydrogen-bond donors (Lipinski definition) is 0. The minimum absolute atomic E-state index is 1.03. The van der Waals surface area contributed by atoms with Gasteiger partial charge in [0.2, 0.25) is 0 Å². The molecule has 0 atom stereocenters. The van der Waals surface area contributed by atoms with Crippen molar-refractivity contribution in [1.29, 1.82) is 0 Å². The van der Waals surface area contributed by atoms with Crippen molar-refractivity contribution >= 4 is 10.9 Å². The molecule has 0 unspecified atom stereocenters. The lowest BCUT2D eigenvalue weighted by Crippen LogP contribution is -2.21. The molecule has 0 bridgehead atoms. The number of hydrogen-bond acceptors (Lipinski definition) is 1. The molecule has 162 valence electrons. The van der Waals surface area contributed by atoms with Gasteiger partial charge in [-0.15, -0.1) is 0 Å². The molecule has 0 amide bonds. The molecule has 30 heavy (non-hydrogen) atoms. The lowest BCUT2D eigenvalue weighted by Gasteiger charge is -2.17. The van der Waals surface area contributed by atoms with Crippen LogP contribution in [0.3, 0.4) is 0 Å². The van der Waals surface area contributed by atoms with E-state index in [1.165, 1.54) is 71.7 Å². The third-order valence-corrected chi connectivity index (χ3v) is 6.46. The average Bonchev–Trinajstić information content (AvgIpc) is 3.11. The fraction of sp³-hybridized carbons (Fsp3) is 0.500. The molecule has 3 aromatic rings. The van der Waals surface area contributed by atoms with E-state index >= 15 is 0 Å². The maximum Gasteiger partial charge on any atom is 0.0484 e. The second-order valence-corrected chi connectivity index (χ2v) is 8.62. The van der Waals surface area contributed by atoms with Crippen molar-refractivity contribution in [1.82, 2.24) is 9.47 Å². The smallest absolute Gasteiger partial charge is 0.0484 e. The highest BCUT2D eigenvalue weighted by Gasteiger charge is 2.13. The van der Waals surface area contributed by atoms with E-state index in [0.29, 0.717) is 0 Å². The summed E-state index contributed by atoms with van der Waals surface area (Å²) in [5.74, 6) is 0. The molecule has 1 heterocycles. The predicted molar refractivity (Wildman–Crippen MR) is 132 cm³/mol. The molecule has 2 heteroatoms. The fourth-order valence-corrected chi connectivity index (χ4v) is 4.50. The average molecular weight is 405 g/mol. The van der Waals surface area contributed by atoms with Crippen molar-refractivity contribution < 1.29 is 0 Å². The van der Waals surface area contributed by atoms with Crippen molar-refractivity contribution in [2.24, 2.45) is 0 Å². The minimum Gasteiger partial charge on any atom is -0.347 e. The molecule has 0 aliphatic heterocycles. The predicted octanol–water partition coefficient (Wildman–Crippen LogP) is 7.82. The Bertz CT molecular complexity index is 918. The van der Waals surface area contributed by atoms with Crippen LogP contribution < -0.4 is 0 Å². The molecule has 0 N–H and O–H groups in total. The summed E-state index contributed by atoms with van der Waals surface area (Å²) in [6.07, 6.45) is 10.5. The van der Waals surface area contributed by atoms with Gasteiger partial charge in [-0.2, -0.15) is 0 Å². The summed E-state index contributed by atoms with van der Waals surface area (Å²) in [6.45, 7) is 13.4. The van der Waals surface area contributed by atoms with Crippen LogP contribution in [-0.2, 0) is 13.1 Å². The molecule has 0 radical (unpaired) electrons. The molecule has 0 aliphatic rings. The van der Waals surface area contributed by atoms with Crippen LogP contribution in [0.15, 0.2) is 48.7 Å². The molecule has 2 nitrogen and oxygen atoms in total. The van der Waals surface area contributed by atoms with Crippen LogP contribution in [-0.4, -0.2) is 22.6 Å². The van der Waals surface area contributed by atoms with Gasteiger partial charge in [0.05, 0.1) is 0 Å². The van der Waals surface area contributed by atoms with Gasteiger partial charge in [-0.05, 0) is 60.8 Å². The lowest BCUT2D eigenvalue weighted by atomic mass is 9.98. The van der Waals surface area contributed by atoms with Gasteiger partial charge in [0.1, 0.15) is 0 Å². The maximum atomic E-state index is 2.52. The Labute approximate surface area is 183 Å². The molecule has 0 saturated heterocycles. The van der Waals surface area contributed by atoms with Gasteiger partial charge in [-0.3, -0.25) is 4.90 Å². The normalized spacial score (nSPS) is 11.6. The summed E-state index contributed by atoms with van der Waals surface area (Å²) in [6, 6.07) is 15.8. The van der Waals surface area contributed by atoms with Crippen LogP contribution in [0.25, 0.3) is 22.0 Å². The van der Waals surface area contributed by atoms with Crippen LogP contribution >= 0.6 is 0 Å². The number of fused-ring (bicyclic) bond motifs is 1. The molecule has 0 aliphatic carbocycles. The van der Waals surface area contributed by atoms with Crippen LogP contribution in [0, 0.1) is 6.92 Å². The van der Waals surface area contributed by atoms with Crippen molar-refractivity contribution in [3.63, 3.8) is 0 Å². The first kappa shape index (κ1) is 22.6. The van der Waals surface area contributed by atoms with Crippen LogP contribution in [0.4, 0.5) is 0 Å². The molecular formula is C28H40N2. The van der Waals surface area contributed by atoms with E-state index < -0.39 is 0 Å². The summed E-state index contributed by atoms with van der Waals surface area (Å²) >= 11 is 0. The number of benzene rings is 2. The first-order chi connectivity index (χ1) is 14.7. The fourth-order valence-electron chi connectivity index (χ4n) is 4.50. The van der Waals surface area contributed by atoms with Crippen molar-refractivity contribution in [2.75, 3.05) is 13.1 Å².